The molecular weight excluding hydrogens is 190 g/mol. The predicted octanol–water partition coefficient (Wildman–Crippen LogP) is 2.51. The van der Waals surface area contributed by atoms with E-state index in [1.165, 1.54) is 24.2 Å². The molecule has 1 aliphatic carbocycles. The van der Waals surface area contributed by atoms with E-state index >= 15 is 0 Å². The van der Waals surface area contributed by atoms with Gasteiger partial charge in [0, 0.05) is 11.8 Å². The van der Waals surface area contributed by atoms with Gasteiger partial charge in [-0.2, -0.15) is 0 Å². The van der Waals surface area contributed by atoms with Crippen LogP contribution in [-0.4, -0.2) is 11.8 Å². The zero-order valence-corrected chi connectivity index (χ0v) is 9.23. The van der Waals surface area contributed by atoms with Gasteiger partial charge in [0.25, 0.3) is 0 Å². The van der Waals surface area contributed by atoms with Crippen molar-refractivity contribution in [2.24, 2.45) is 0 Å². The van der Waals surface area contributed by atoms with Gasteiger partial charge in [0.2, 0.25) is 0 Å². The fourth-order valence-electron chi connectivity index (χ4n) is 2.63. The van der Waals surface area contributed by atoms with Crippen LogP contribution < -0.4 is 5.32 Å². The molecule has 1 aromatic carbocycles. The molecule has 2 unspecified atom stereocenters. The summed E-state index contributed by atoms with van der Waals surface area (Å²) in [5.41, 5.74) is 3.08. The molecule has 0 aromatic heterocycles. The van der Waals surface area contributed by atoms with Crippen LogP contribution in [0, 0.1) is 0 Å². The van der Waals surface area contributed by atoms with Crippen LogP contribution in [0.1, 0.15) is 24.5 Å². The fraction of sp³-hybridized carbons (Fsp3) is 0.500. The maximum absolute atomic E-state index is 3.75. The molecule has 0 radical (unpaired) electrons. The lowest BCUT2D eigenvalue weighted by Crippen LogP contribution is -2.36. The largest absolute Gasteiger partial charge is 0.296 e. The minimum Gasteiger partial charge on any atom is -0.296 e. The number of hydrogen-bond acceptors (Lipinski definition) is 2. The van der Waals surface area contributed by atoms with Crippen molar-refractivity contribution in [3.8, 4) is 0 Å². The Labute approximate surface area is 89.3 Å². The maximum Gasteiger partial charge on any atom is 0.0910 e. The average molecular weight is 205 g/mol. The number of thioether (sulfide) groups is 1. The first-order valence-electron chi connectivity index (χ1n) is 5.30. The second-order valence-electron chi connectivity index (χ2n) is 4.34. The third kappa shape index (κ3) is 1.14. The molecule has 1 spiro atoms. The van der Waals surface area contributed by atoms with Crippen LogP contribution >= 0.6 is 11.8 Å². The van der Waals surface area contributed by atoms with Gasteiger partial charge in [0.1, 0.15) is 0 Å². The molecule has 1 heterocycles. The highest BCUT2D eigenvalue weighted by Crippen LogP contribution is 2.48. The summed E-state index contributed by atoms with van der Waals surface area (Å²) in [6, 6.07) is 9.54. The van der Waals surface area contributed by atoms with Crippen LogP contribution in [0.25, 0.3) is 0 Å². The SMILES string of the molecule is CC1CSC2(CCc3ccccc32)N1. The molecule has 14 heavy (non-hydrogen) atoms. The van der Waals surface area contributed by atoms with E-state index in [0.29, 0.717) is 6.04 Å². The van der Waals surface area contributed by atoms with E-state index < -0.39 is 0 Å². The molecule has 0 bridgehead atoms. The molecule has 1 aromatic rings. The van der Waals surface area contributed by atoms with Gasteiger partial charge in [0.15, 0.2) is 0 Å². The highest BCUT2D eigenvalue weighted by atomic mass is 32.2. The first-order valence-corrected chi connectivity index (χ1v) is 6.29. The lowest BCUT2D eigenvalue weighted by atomic mass is 10.1. The Hall–Kier alpha value is -0.470. The van der Waals surface area contributed by atoms with Gasteiger partial charge in [-0.15, -0.1) is 11.8 Å². The van der Waals surface area contributed by atoms with E-state index in [4.69, 9.17) is 0 Å². The molecule has 1 aliphatic heterocycles. The minimum absolute atomic E-state index is 0.260. The Kier molecular flexibility index (Phi) is 1.89. The molecule has 2 aliphatic rings. The molecule has 0 saturated carbocycles. The fourth-order valence-corrected chi connectivity index (χ4v) is 4.13. The standard InChI is InChI=1S/C12H15NS/c1-9-8-14-12(13-9)7-6-10-4-2-3-5-11(10)12/h2-5,9,13H,6-8H2,1H3. The monoisotopic (exact) mass is 205 g/mol. The van der Waals surface area contributed by atoms with Gasteiger partial charge in [-0.25, -0.2) is 0 Å². The molecule has 3 rings (SSSR count). The summed E-state index contributed by atoms with van der Waals surface area (Å²) in [6.07, 6.45) is 2.50. The second kappa shape index (κ2) is 3.01. The number of rotatable bonds is 0. The van der Waals surface area contributed by atoms with E-state index in [0.717, 1.165) is 0 Å². The Morgan fingerprint density at radius 2 is 2.29 bits per heavy atom. The number of aryl methyl sites for hydroxylation is 1. The number of hydrogen-bond donors (Lipinski definition) is 1. The van der Waals surface area contributed by atoms with Crippen molar-refractivity contribution in [2.75, 3.05) is 5.75 Å². The molecule has 0 amide bonds. The van der Waals surface area contributed by atoms with E-state index in [1.807, 2.05) is 0 Å². The van der Waals surface area contributed by atoms with Crippen molar-refractivity contribution in [1.82, 2.24) is 5.32 Å². The second-order valence-corrected chi connectivity index (χ2v) is 5.66. The average Bonchev–Trinajstić information content (AvgIpc) is 2.75. The van der Waals surface area contributed by atoms with E-state index in [9.17, 15) is 0 Å². The van der Waals surface area contributed by atoms with Crippen molar-refractivity contribution in [2.45, 2.75) is 30.7 Å². The van der Waals surface area contributed by atoms with E-state index in [-0.39, 0.29) is 4.87 Å². The normalized spacial score (nSPS) is 35.1. The minimum atomic E-state index is 0.260. The lowest BCUT2D eigenvalue weighted by molar-refractivity contribution is 0.465. The summed E-state index contributed by atoms with van der Waals surface area (Å²) in [5, 5.41) is 3.75. The predicted molar refractivity (Wildman–Crippen MR) is 61.5 cm³/mol. The molecule has 1 N–H and O–H groups in total. The molecule has 1 saturated heterocycles. The van der Waals surface area contributed by atoms with Crippen LogP contribution in [0.2, 0.25) is 0 Å². The van der Waals surface area contributed by atoms with Gasteiger partial charge in [-0.3, -0.25) is 5.32 Å². The van der Waals surface area contributed by atoms with E-state index in [2.05, 4.69) is 48.3 Å². The van der Waals surface area contributed by atoms with Crippen molar-refractivity contribution < 1.29 is 0 Å². The van der Waals surface area contributed by atoms with Crippen LogP contribution in [0.4, 0.5) is 0 Å². The van der Waals surface area contributed by atoms with Crippen molar-refractivity contribution in [1.29, 1.82) is 0 Å². The Morgan fingerprint density at radius 3 is 3.07 bits per heavy atom. The number of nitrogens with one attached hydrogen (secondary N) is 1. The maximum atomic E-state index is 3.75. The zero-order valence-electron chi connectivity index (χ0n) is 8.42. The summed E-state index contributed by atoms with van der Waals surface area (Å²) in [6.45, 7) is 2.28. The molecule has 2 atom stereocenters. The molecule has 1 nitrogen and oxygen atoms in total. The van der Waals surface area contributed by atoms with Crippen molar-refractivity contribution in [3.63, 3.8) is 0 Å². The smallest absolute Gasteiger partial charge is 0.0910 e. The summed E-state index contributed by atoms with van der Waals surface area (Å²) in [5.74, 6) is 1.24. The molecular formula is C12H15NS. The van der Waals surface area contributed by atoms with Crippen LogP contribution in [-0.2, 0) is 11.3 Å². The number of fused-ring (bicyclic) bond motifs is 2. The quantitative estimate of drug-likeness (QED) is 0.698. The highest BCUT2D eigenvalue weighted by Gasteiger charge is 2.43. The molecule has 1 fully saturated rings. The van der Waals surface area contributed by atoms with Crippen LogP contribution in [0.15, 0.2) is 24.3 Å². The van der Waals surface area contributed by atoms with Crippen LogP contribution in [0.3, 0.4) is 0 Å². The first kappa shape index (κ1) is 8.81. The van der Waals surface area contributed by atoms with Gasteiger partial charge in [-0.1, -0.05) is 24.3 Å². The summed E-state index contributed by atoms with van der Waals surface area (Å²) < 4.78 is 0. The van der Waals surface area contributed by atoms with Gasteiger partial charge >= 0.3 is 0 Å². The summed E-state index contributed by atoms with van der Waals surface area (Å²) in [4.78, 5) is 0.260. The van der Waals surface area contributed by atoms with Gasteiger partial charge in [0.05, 0.1) is 4.87 Å². The Balaban J connectivity index is 2.05. The van der Waals surface area contributed by atoms with Crippen molar-refractivity contribution >= 4 is 11.8 Å². The number of benzene rings is 1. The van der Waals surface area contributed by atoms with Gasteiger partial charge < -0.3 is 0 Å². The zero-order chi connectivity index (χ0) is 9.60. The summed E-state index contributed by atoms with van der Waals surface area (Å²) in [7, 11) is 0. The molecule has 2 heteroatoms. The molecule has 74 valence electrons. The first-order chi connectivity index (χ1) is 6.80. The summed E-state index contributed by atoms with van der Waals surface area (Å²) >= 11 is 2.09. The van der Waals surface area contributed by atoms with Crippen molar-refractivity contribution in [3.05, 3.63) is 35.4 Å². The Morgan fingerprint density at radius 1 is 1.43 bits per heavy atom. The van der Waals surface area contributed by atoms with Crippen LogP contribution in [0.5, 0.6) is 0 Å². The Bertz CT molecular complexity index is 359. The lowest BCUT2D eigenvalue weighted by Gasteiger charge is -2.24. The highest BCUT2D eigenvalue weighted by molar-refractivity contribution is 8.00. The van der Waals surface area contributed by atoms with E-state index in [1.54, 1.807) is 5.56 Å². The van der Waals surface area contributed by atoms with Gasteiger partial charge in [-0.05, 0) is 30.9 Å². The third-order valence-electron chi connectivity index (χ3n) is 3.26. The topological polar surface area (TPSA) is 12.0 Å². The third-order valence-corrected chi connectivity index (χ3v) is 4.96.